The molecule has 0 unspecified atom stereocenters. The Morgan fingerprint density at radius 3 is 2.57 bits per heavy atom. The van der Waals surface area contributed by atoms with Crippen LogP contribution in [0.3, 0.4) is 0 Å². The molecule has 0 saturated heterocycles. The standard InChI is InChI=1S/C18H21ClN2O2/c1-21(13-14-23-16-8-3-2-4-9-16)18(22)20-12-11-15-7-5-6-10-17(15)19/h2-10H,11-14H2,1H3,(H,20,22). The Hall–Kier alpha value is -2.20. The van der Waals surface area contributed by atoms with Gasteiger partial charge in [-0.25, -0.2) is 4.79 Å². The number of amides is 2. The second-order valence-electron chi connectivity index (χ2n) is 5.16. The van der Waals surface area contributed by atoms with Gasteiger partial charge in [0, 0.05) is 18.6 Å². The number of nitrogens with one attached hydrogen (secondary N) is 1. The summed E-state index contributed by atoms with van der Waals surface area (Å²) in [7, 11) is 1.75. The van der Waals surface area contributed by atoms with E-state index in [9.17, 15) is 4.79 Å². The van der Waals surface area contributed by atoms with Crippen molar-refractivity contribution < 1.29 is 9.53 Å². The summed E-state index contributed by atoms with van der Waals surface area (Å²) in [5, 5.41) is 3.61. The highest BCUT2D eigenvalue weighted by Gasteiger charge is 2.08. The number of carbonyl (C=O) groups is 1. The fourth-order valence-electron chi connectivity index (χ4n) is 2.06. The molecule has 0 spiro atoms. The molecule has 0 aliphatic heterocycles. The highest BCUT2D eigenvalue weighted by Crippen LogP contribution is 2.14. The average Bonchev–Trinajstić information content (AvgIpc) is 2.57. The van der Waals surface area contributed by atoms with Crippen molar-refractivity contribution in [3.63, 3.8) is 0 Å². The van der Waals surface area contributed by atoms with Crippen LogP contribution in [0.5, 0.6) is 5.75 Å². The Labute approximate surface area is 142 Å². The molecule has 4 nitrogen and oxygen atoms in total. The third-order valence-corrected chi connectivity index (χ3v) is 3.78. The van der Waals surface area contributed by atoms with Gasteiger partial charge in [0.05, 0.1) is 6.54 Å². The van der Waals surface area contributed by atoms with Crippen molar-refractivity contribution in [2.24, 2.45) is 0 Å². The minimum atomic E-state index is -0.117. The molecule has 0 aromatic heterocycles. The molecule has 0 heterocycles. The van der Waals surface area contributed by atoms with E-state index in [0.29, 0.717) is 26.1 Å². The lowest BCUT2D eigenvalue weighted by molar-refractivity contribution is 0.195. The van der Waals surface area contributed by atoms with E-state index in [0.717, 1.165) is 16.3 Å². The second-order valence-corrected chi connectivity index (χ2v) is 5.56. The number of likely N-dealkylation sites (N-methyl/N-ethyl adjacent to an activating group) is 1. The predicted molar refractivity (Wildman–Crippen MR) is 93.1 cm³/mol. The number of halogens is 1. The molecule has 0 aliphatic carbocycles. The van der Waals surface area contributed by atoms with Gasteiger partial charge in [-0.15, -0.1) is 0 Å². The predicted octanol–water partition coefficient (Wildman–Crippen LogP) is 3.60. The van der Waals surface area contributed by atoms with Crippen LogP contribution in [0.1, 0.15) is 5.56 Å². The van der Waals surface area contributed by atoms with Crippen LogP contribution in [0, 0.1) is 0 Å². The zero-order valence-corrected chi connectivity index (χ0v) is 13.9. The number of hydrogen-bond donors (Lipinski definition) is 1. The van der Waals surface area contributed by atoms with Gasteiger partial charge in [0.1, 0.15) is 12.4 Å². The molecule has 122 valence electrons. The molecule has 0 atom stereocenters. The molecular formula is C18H21ClN2O2. The van der Waals surface area contributed by atoms with Crippen LogP contribution in [0.2, 0.25) is 5.02 Å². The maximum atomic E-state index is 12.0. The van der Waals surface area contributed by atoms with Gasteiger partial charge in [-0.3, -0.25) is 0 Å². The van der Waals surface area contributed by atoms with Crippen LogP contribution >= 0.6 is 11.6 Å². The summed E-state index contributed by atoms with van der Waals surface area (Å²) in [5.41, 5.74) is 1.03. The third-order valence-electron chi connectivity index (χ3n) is 3.41. The summed E-state index contributed by atoms with van der Waals surface area (Å²) in [6.45, 7) is 1.53. The number of nitrogens with zero attached hydrogens (tertiary/aromatic N) is 1. The number of benzene rings is 2. The lowest BCUT2D eigenvalue weighted by Gasteiger charge is -2.18. The quantitative estimate of drug-likeness (QED) is 0.841. The minimum Gasteiger partial charge on any atom is -0.492 e. The molecular weight excluding hydrogens is 312 g/mol. The van der Waals surface area contributed by atoms with E-state index in [1.54, 1.807) is 11.9 Å². The monoisotopic (exact) mass is 332 g/mol. The van der Waals surface area contributed by atoms with Crippen molar-refractivity contribution >= 4 is 17.6 Å². The van der Waals surface area contributed by atoms with Crippen LogP contribution in [0.4, 0.5) is 4.79 Å². The van der Waals surface area contributed by atoms with Gasteiger partial charge in [0.15, 0.2) is 0 Å². The lowest BCUT2D eigenvalue weighted by Crippen LogP contribution is -2.40. The Kier molecular flexibility index (Phi) is 6.76. The van der Waals surface area contributed by atoms with Gasteiger partial charge < -0.3 is 15.0 Å². The molecule has 2 amide bonds. The zero-order chi connectivity index (χ0) is 16.5. The van der Waals surface area contributed by atoms with Gasteiger partial charge in [-0.05, 0) is 30.2 Å². The van der Waals surface area contributed by atoms with Crippen LogP contribution in [-0.2, 0) is 6.42 Å². The highest BCUT2D eigenvalue weighted by atomic mass is 35.5. The summed E-state index contributed by atoms with van der Waals surface area (Å²) >= 11 is 6.09. The van der Waals surface area contributed by atoms with E-state index < -0.39 is 0 Å². The topological polar surface area (TPSA) is 41.6 Å². The van der Waals surface area contributed by atoms with Crippen molar-refractivity contribution in [3.05, 3.63) is 65.2 Å². The number of hydrogen-bond acceptors (Lipinski definition) is 2. The summed E-state index contributed by atoms with van der Waals surface area (Å²) in [5.74, 6) is 0.806. The van der Waals surface area contributed by atoms with Crippen molar-refractivity contribution in [2.45, 2.75) is 6.42 Å². The van der Waals surface area contributed by atoms with Crippen molar-refractivity contribution in [1.29, 1.82) is 0 Å². The SMILES string of the molecule is CN(CCOc1ccccc1)C(=O)NCCc1ccccc1Cl. The van der Waals surface area contributed by atoms with Crippen molar-refractivity contribution in [3.8, 4) is 5.75 Å². The average molecular weight is 333 g/mol. The Balaban J connectivity index is 1.66. The molecule has 5 heteroatoms. The number of para-hydroxylation sites is 1. The fraction of sp³-hybridized carbons (Fsp3) is 0.278. The van der Waals surface area contributed by atoms with Crippen molar-refractivity contribution in [2.75, 3.05) is 26.7 Å². The summed E-state index contributed by atoms with van der Waals surface area (Å²) in [4.78, 5) is 13.6. The largest absolute Gasteiger partial charge is 0.492 e. The molecule has 0 radical (unpaired) electrons. The molecule has 2 aromatic carbocycles. The molecule has 23 heavy (non-hydrogen) atoms. The molecule has 1 N–H and O–H groups in total. The maximum Gasteiger partial charge on any atom is 0.317 e. The van der Waals surface area contributed by atoms with Crippen LogP contribution in [0.25, 0.3) is 0 Å². The van der Waals surface area contributed by atoms with E-state index in [1.807, 2.05) is 54.6 Å². The van der Waals surface area contributed by atoms with Gasteiger partial charge in [0.25, 0.3) is 0 Å². The van der Waals surface area contributed by atoms with Crippen LogP contribution in [0.15, 0.2) is 54.6 Å². The molecule has 0 fully saturated rings. The molecule has 0 bridgehead atoms. The molecule has 0 saturated carbocycles. The number of ether oxygens (including phenoxy) is 1. The van der Waals surface area contributed by atoms with E-state index in [2.05, 4.69) is 5.32 Å². The number of urea groups is 1. The number of rotatable bonds is 7. The Morgan fingerprint density at radius 1 is 1.13 bits per heavy atom. The smallest absolute Gasteiger partial charge is 0.317 e. The van der Waals surface area contributed by atoms with E-state index in [4.69, 9.17) is 16.3 Å². The normalized spacial score (nSPS) is 10.2. The zero-order valence-electron chi connectivity index (χ0n) is 13.2. The molecule has 2 aromatic rings. The first kappa shape index (κ1) is 17.2. The first-order valence-corrected chi connectivity index (χ1v) is 7.95. The van der Waals surface area contributed by atoms with Gasteiger partial charge in [0.2, 0.25) is 0 Å². The summed E-state index contributed by atoms with van der Waals surface area (Å²) < 4.78 is 5.58. The van der Waals surface area contributed by atoms with E-state index >= 15 is 0 Å². The minimum absolute atomic E-state index is 0.117. The number of carbonyl (C=O) groups excluding carboxylic acids is 1. The molecule has 2 rings (SSSR count). The maximum absolute atomic E-state index is 12.0. The first-order valence-electron chi connectivity index (χ1n) is 7.57. The Bertz CT molecular complexity index is 619. The van der Waals surface area contributed by atoms with Gasteiger partial charge >= 0.3 is 6.03 Å². The van der Waals surface area contributed by atoms with E-state index in [1.165, 1.54) is 0 Å². The highest BCUT2D eigenvalue weighted by molar-refractivity contribution is 6.31. The summed E-state index contributed by atoms with van der Waals surface area (Å²) in [6, 6.07) is 17.1. The van der Waals surface area contributed by atoms with Crippen molar-refractivity contribution in [1.82, 2.24) is 10.2 Å². The van der Waals surface area contributed by atoms with Crippen LogP contribution in [-0.4, -0.2) is 37.7 Å². The fourth-order valence-corrected chi connectivity index (χ4v) is 2.29. The summed E-state index contributed by atoms with van der Waals surface area (Å²) in [6.07, 6.45) is 0.708. The van der Waals surface area contributed by atoms with E-state index in [-0.39, 0.29) is 6.03 Å². The first-order chi connectivity index (χ1) is 11.2. The van der Waals surface area contributed by atoms with Crippen LogP contribution < -0.4 is 10.1 Å². The molecule has 0 aliphatic rings. The second kappa shape index (κ2) is 9.06. The third kappa shape index (κ3) is 5.83. The van der Waals surface area contributed by atoms with Gasteiger partial charge in [-0.1, -0.05) is 48.0 Å². The lowest BCUT2D eigenvalue weighted by atomic mass is 10.1. The van der Waals surface area contributed by atoms with Gasteiger partial charge in [-0.2, -0.15) is 0 Å². The Morgan fingerprint density at radius 2 is 1.83 bits per heavy atom.